The van der Waals surface area contributed by atoms with Crippen molar-refractivity contribution in [3.05, 3.63) is 24.3 Å². The van der Waals surface area contributed by atoms with E-state index in [0.717, 1.165) is 25.5 Å². The smallest absolute Gasteiger partial charge is 0.142 e. The number of allylic oxidation sites excluding steroid dienone is 4. The first kappa shape index (κ1) is 19.5. The predicted octanol–water partition coefficient (Wildman–Crippen LogP) is 5.85. The van der Waals surface area contributed by atoms with Crippen LogP contribution in [0.15, 0.2) is 24.3 Å². The molecule has 0 aromatic carbocycles. The third kappa shape index (κ3) is 24.4. The van der Waals surface area contributed by atoms with Crippen molar-refractivity contribution in [2.24, 2.45) is 0 Å². The lowest BCUT2D eigenvalue weighted by Crippen LogP contribution is -1.73. The van der Waals surface area contributed by atoms with Crippen molar-refractivity contribution >= 4 is 6.29 Å². The zero-order valence-electron chi connectivity index (χ0n) is 12.7. The van der Waals surface area contributed by atoms with Gasteiger partial charge in [-0.15, -0.1) is 0 Å². The van der Waals surface area contributed by atoms with Gasteiger partial charge in [-0.1, -0.05) is 77.5 Å². The van der Waals surface area contributed by atoms with E-state index in [9.17, 15) is 4.79 Å². The zero-order valence-corrected chi connectivity index (χ0v) is 12.7. The van der Waals surface area contributed by atoms with Crippen LogP contribution in [0, 0.1) is 0 Å². The number of carbonyl (C=O) groups is 1. The van der Waals surface area contributed by atoms with Gasteiger partial charge in [-0.25, -0.2) is 0 Å². The minimum Gasteiger partial charge on any atom is -0.299 e. The minimum absolute atomic E-state index is 0.809. The van der Waals surface area contributed by atoms with Crippen molar-refractivity contribution in [3.8, 4) is 0 Å². The Morgan fingerprint density at radius 1 is 0.722 bits per heavy atom. The quantitative estimate of drug-likeness (QED) is 0.206. The van der Waals surface area contributed by atoms with Crippen LogP contribution in [0.3, 0.4) is 0 Å². The molecule has 0 fully saturated rings. The normalized spacial score (nSPS) is 10.6. The molecule has 0 atom stereocenters. The van der Waals surface area contributed by atoms with Crippen LogP contribution < -0.4 is 0 Å². The van der Waals surface area contributed by atoms with Crippen LogP contribution in [0.2, 0.25) is 0 Å². The van der Waals surface area contributed by atoms with E-state index in [1.165, 1.54) is 38.5 Å². The second kappa shape index (κ2) is 21.4. The molecule has 0 aliphatic heterocycles. The third-order valence-corrected chi connectivity index (χ3v) is 2.57. The van der Waals surface area contributed by atoms with Crippen molar-refractivity contribution in [1.82, 2.24) is 0 Å². The number of hydrogen-bond acceptors (Lipinski definition) is 1. The van der Waals surface area contributed by atoms with E-state index in [0.29, 0.717) is 0 Å². The summed E-state index contributed by atoms with van der Waals surface area (Å²) in [5.41, 5.74) is 0. The van der Waals surface area contributed by atoms with Gasteiger partial charge in [0.1, 0.15) is 6.29 Å². The molecule has 0 heterocycles. The van der Waals surface area contributed by atoms with Gasteiger partial charge in [-0.05, 0) is 25.3 Å². The summed E-state index contributed by atoms with van der Waals surface area (Å²) < 4.78 is 0. The average molecular weight is 252 g/mol. The highest BCUT2D eigenvalue weighted by Gasteiger charge is 1.83. The van der Waals surface area contributed by atoms with Gasteiger partial charge < -0.3 is 0 Å². The zero-order chi connectivity index (χ0) is 13.9. The highest BCUT2D eigenvalue weighted by Crippen LogP contribution is 2.03. The second-order valence-electron chi connectivity index (χ2n) is 4.44. The van der Waals surface area contributed by atoms with Crippen LogP contribution in [0.5, 0.6) is 0 Å². The van der Waals surface area contributed by atoms with Crippen molar-refractivity contribution in [2.75, 3.05) is 0 Å². The van der Waals surface area contributed by atoms with Gasteiger partial charge >= 0.3 is 0 Å². The van der Waals surface area contributed by atoms with E-state index in [1.54, 1.807) is 6.08 Å². The number of rotatable bonds is 10. The van der Waals surface area contributed by atoms with E-state index in [4.69, 9.17) is 0 Å². The molecule has 0 radical (unpaired) electrons. The summed E-state index contributed by atoms with van der Waals surface area (Å²) in [5, 5.41) is 0. The fourth-order valence-corrected chi connectivity index (χ4v) is 1.48. The third-order valence-electron chi connectivity index (χ3n) is 2.57. The van der Waals surface area contributed by atoms with Crippen molar-refractivity contribution in [1.29, 1.82) is 0 Å². The number of aldehydes is 1. The predicted molar refractivity (Wildman–Crippen MR) is 82.9 cm³/mol. The molecule has 0 bridgehead atoms. The average Bonchev–Trinajstić information content (AvgIpc) is 2.40. The first-order chi connectivity index (χ1) is 8.83. The van der Waals surface area contributed by atoms with Crippen molar-refractivity contribution in [3.63, 3.8) is 0 Å². The molecule has 0 unspecified atom stereocenters. The summed E-state index contributed by atoms with van der Waals surface area (Å²) in [6, 6.07) is 0. The molecule has 0 rings (SSSR count). The summed E-state index contributed by atoms with van der Waals surface area (Å²) in [7, 11) is 0. The van der Waals surface area contributed by atoms with Crippen LogP contribution >= 0.6 is 0 Å². The van der Waals surface area contributed by atoms with Crippen LogP contribution in [0.4, 0.5) is 0 Å². The van der Waals surface area contributed by atoms with Gasteiger partial charge in [0.15, 0.2) is 0 Å². The summed E-state index contributed by atoms with van der Waals surface area (Å²) in [6.45, 7) is 6.62. The number of hydrogen-bond donors (Lipinski definition) is 0. The van der Waals surface area contributed by atoms with Gasteiger partial charge in [0, 0.05) is 0 Å². The van der Waals surface area contributed by atoms with Crippen molar-refractivity contribution < 1.29 is 4.79 Å². The summed E-state index contributed by atoms with van der Waals surface area (Å²) in [6.07, 6.45) is 20.1. The van der Waals surface area contributed by atoms with E-state index < -0.39 is 0 Å². The topological polar surface area (TPSA) is 17.1 Å². The highest BCUT2D eigenvalue weighted by atomic mass is 16.1. The Labute approximate surface area is 114 Å². The lowest BCUT2D eigenvalue weighted by molar-refractivity contribution is -0.104. The molecule has 0 aromatic rings. The molecule has 0 aliphatic carbocycles. The van der Waals surface area contributed by atoms with Gasteiger partial charge in [-0.2, -0.15) is 0 Å². The maximum absolute atomic E-state index is 9.79. The van der Waals surface area contributed by atoms with E-state index >= 15 is 0 Å². The molecule has 1 nitrogen and oxygen atoms in total. The molecule has 0 amide bonds. The molecule has 18 heavy (non-hydrogen) atoms. The maximum Gasteiger partial charge on any atom is 0.142 e. The monoisotopic (exact) mass is 252 g/mol. The molecular formula is C17H32O. The van der Waals surface area contributed by atoms with Crippen molar-refractivity contribution in [2.45, 2.75) is 78.6 Å². The lowest BCUT2D eigenvalue weighted by Gasteiger charge is -1.93. The summed E-state index contributed by atoms with van der Waals surface area (Å²) >= 11 is 0. The second-order valence-corrected chi connectivity index (χ2v) is 4.44. The fourth-order valence-electron chi connectivity index (χ4n) is 1.48. The Kier molecular flexibility index (Phi) is 23.2. The molecule has 0 aliphatic rings. The standard InChI is InChI=1S/C9H14O.C8H18/c1-2-3-4-5-6-7-8-9-10;1-3-5-7-8-6-4-2/h3-4,7-9H,2,5-6H2,1H3;3-8H2,1-2H3. The van der Waals surface area contributed by atoms with E-state index in [2.05, 4.69) is 32.9 Å². The van der Waals surface area contributed by atoms with Crippen LogP contribution in [-0.2, 0) is 4.79 Å². The minimum atomic E-state index is 0.809. The molecule has 0 N–H and O–H groups in total. The summed E-state index contributed by atoms with van der Waals surface area (Å²) in [5.74, 6) is 0. The Balaban J connectivity index is 0. The molecule has 0 aromatic heterocycles. The number of unbranched alkanes of at least 4 members (excludes halogenated alkanes) is 6. The Bertz CT molecular complexity index is 186. The van der Waals surface area contributed by atoms with Crippen LogP contribution in [-0.4, -0.2) is 6.29 Å². The molecule has 106 valence electrons. The Morgan fingerprint density at radius 3 is 1.72 bits per heavy atom. The molecular weight excluding hydrogens is 220 g/mol. The van der Waals surface area contributed by atoms with Gasteiger partial charge in [-0.3, -0.25) is 4.79 Å². The molecule has 0 saturated heterocycles. The lowest BCUT2D eigenvalue weighted by atomic mass is 10.1. The fraction of sp³-hybridized carbons (Fsp3) is 0.706. The largest absolute Gasteiger partial charge is 0.299 e. The Hall–Kier alpha value is -0.850. The molecule has 1 heteroatoms. The van der Waals surface area contributed by atoms with E-state index in [1.807, 2.05) is 6.08 Å². The van der Waals surface area contributed by atoms with Crippen LogP contribution in [0.1, 0.15) is 78.6 Å². The maximum atomic E-state index is 9.79. The summed E-state index contributed by atoms with van der Waals surface area (Å²) in [4.78, 5) is 9.79. The van der Waals surface area contributed by atoms with Crippen LogP contribution in [0.25, 0.3) is 0 Å². The Morgan fingerprint density at radius 2 is 1.28 bits per heavy atom. The number of carbonyl (C=O) groups excluding carboxylic acids is 1. The van der Waals surface area contributed by atoms with Gasteiger partial charge in [0.25, 0.3) is 0 Å². The first-order valence-electron chi connectivity index (χ1n) is 7.58. The van der Waals surface area contributed by atoms with Gasteiger partial charge in [0.05, 0.1) is 0 Å². The molecule has 0 spiro atoms. The molecule has 0 saturated carbocycles. The first-order valence-corrected chi connectivity index (χ1v) is 7.58. The highest BCUT2D eigenvalue weighted by molar-refractivity contribution is 5.64. The van der Waals surface area contributed by atoms with E-state index in [-0.39, 0.29) is 0 Å². The SMILES string of the molecule is CCC=CCCC=CC=O.CCCCCCCC. The van der Waals surface area contributed by atoms with Gasteiger partial charge in [0.2, 0.25) is 0 Å².